The van der Waals surface area contributed by atoms with E-state index >= 15 is 0 Å². The summed E-state index contributed by atoms with van der Waals surface area (Å²) in [5.74, 6) is 3.46. The maximum Gasteiger partial charge on any atom is 0.234 e. The molecule has 0 saturated carbocycles. The molecule has 3 aromatic carbocycles. The first-order chi connectivity index (χ1) is 13.2. The van der Waals surface area contributed by atoms with Crippen LogP contribution in [0.2, 0.25) is 0 Å². The Labute approximate surface area is 163 Å². The fourth-order valence-corrected chi connectivity index (χ4v) is 3.23. The minimum Gasteiger partial charge on any atom is -0.497 e. The molecule has 0 unspecified atom stereocenters. The second-order valence-electron chi connectivity index (χ2n) is 5.83. The number of thioether (sulfide) groups is 1. The summed E-state index contributed by atoms with van der Waals surface area (Å²) < 4.78 is 11.0. The van der Waals surface area contributed by atoms with Gasteiger partial charge in [0.2, 0.25) is 5.91 Å². The quantitative estimate of drug-likeness (QED) is 0.572. The molecular weight excluding hydrogens is 358 g/mol. The van der Waals surface area contributed by atoms with Crippen molar-refractivity contribution in [2.24, 2.45) is 0 Å². The van der Waals surface area contributed by atoms with Gasteiger partial charge in [-0.25, -0.2) is 0 Å². The summed E-state index contributed by atoms with van der Waals surface area (Å²) in [4.78, 5) is 12.1. The second-order valence-corrected chi connectivity index (χ2v) is 6.82. The van der Waals surface area contributed by atoms with Crippen molar-refractivity contribution in [2.75, 3.05) is 18.2 Å². The van der Waals surface area contributed by atoms with Crippen LogP contribution in [0.3, 0.4) is 0 Å². The molecule has 0 radical (unpaired) electrons. The van der Waals surface area contributed by atoms with E-state index in [0.29, 0.717) is 5.75 Å². The zero-order chi connectivity index (χ0) is 18.9. The van der Waals surface area contributed by atoms with E-state index in [1.165, 1.54) is 0 Å². The molecule has 3 rings (SSSR count). The Hall–Kier alpha value is -2.92. The number of nitrogens with one attached hydrogen (secondary N) is 1. The maximum absolute atomic E-state index is 12.1. The van der Waals surface area contributed by atoms with Gasteiger partial charge in [0.05, 0.1) is 12.9 Å². The fourth-order valence-electron chi connectivity index (χ4n) is 2.46. The van der Waals surface area contributed by atoms with Crippen molar-refractivity contribution in [3.8, 4) is 17.2 Å². The van der Waals surface area contributed by atoms with Crippen LogP contribution in [0.4, 0.5) is 5.69 Å². The van der Waals surface area contributed by atoms with Gasteiger partial charge in [-0.05, 0) is 54.1 Å². The van der Waals surface area contributed by atoms with Gasteiger partial charge < -0.3 is 14.8 Å². The summed E-state index contributed by atoms with van der Waals surface area (Å²) in [5.41, 5.74) is 1.88. The normalized spacial score (nSPS) is 10.3. The number of carbonyl (C=O) groups is 1. The first kappa shape index (κ1) is 18.9. The second kappa shape index (κ2) is 9.69. The Balaban J connectivity index is 1.46. The maximum atomic E-state index is 12.1. The van der Waals surface area contributed by atoms with E-state index in [2.05, 4.69) is 5.32 Å². The van der Waals surface area contributed by atoms with Crippen molar-refractivity contribution in [1.82, 2.24) is 0 Å². The number of hydrogen-bond acceptors (Lipinski definition) is 4. The van der Waals surface area contributed by atoms with Gasteiger partial charge in [0.25, 0.3) is 0 Å². The van der Waals surface area contributed by atoms with Crippen LogP contribution in [0.25, 0.3) is 0 Å². The summed E-state index contributed by atoms with van der Waals surface area (Å²) in [6, 6.07) is 24.9. The van der Waals surface area contributed by atoms with E-state index in [0.717, 1.165) is 34.3 Å². The van der Waals surface area contributed by atoms with Crippen molar-refractivity contribution in [3.63, 3.8) is 0 Å². The molecule has 0 aliphatic heterocycles. The van der Waals surface area contributed by atoms with E-state index in [9.17, 15) is 4.79 Å². The van der Waals surface area contributed by atoms with E-state index < -0.39 is 0 Å². The van der Waals surface area contributed by atoms with Crippen molar-refractivity contribution in [2.45, 2.75) is 5.75 Å². The molecule has 0 bridgehead atoms. The Morgan fingerprint density at radius 3 is 2.37 bits per heavy atom. The number of rotatable bonds is 8. The molecule has 27 heavy (non-hydrogen) atoms. The molecule has 0 heterocycles. The smallest absolute Gasteiger partial charge is 0.234 e. The molecule has 0 aliphatic rings. The first-order valence-electron chi connectivity index (χ1n) is 8.56. The number of methoxy groups -OCH3 is 1. The van der Waals surface area contributed by atoms with Crippen molar-refractivity contribution in [1.29, 1.82) is 0 Å². The SMILES string of the molecule is COc1ccc(NC(=O)CSCc2cccc(Oc3ccccc3)c2)cc1. The predicted octanol–water partition coefficient (Wildman–Crippen LogP) is 5.36. The summed E-state index contributed by atoms with van der Waals surface area (Å²) in [5, 5.41) is 2.88. The van der Waals surface area contributed by atoms with Crippen molar-refractivity contribution < 1.29 is 14.3 Å². The highest BCUT2D eigenvalue weighted by molar-refractivity contribution is 7.99. The minimum atomic E-state index is -0.0261. The third kappa shape index (κ3) is 6.08. The van der Waals surface area contributed by atoms with Gasteiger partial charge in [0, 0.05) is 11.4 Å². The molecular formula is C22H21NO3S. The molecule has 3 aromatic rings. The summed E-state index contributed by atoms with van der Waals surface area (Å²) in [7, 11) is 1.62. The van der Waals surface area contributed by atoms with Crippen LogP contribution in [0.1, 0.15) is 5.56 Å². The molecule has 0 saturated heterocycles. The Morgan fingerprint density at radius 1 is 0.889 bits per heavy atom. The summed E-state index contributed by atoms with van der Waals surface area (Å²) >= 11 is 1.56. The number of carbonyl (C=O) groups excluding carboxylic acids is 1. The molecule has 0 spiro atoms. The standard InChI is InChI=1S/C22H21NO3S/c1-25-19-12-10-18(11-13-19)23-22(24)16-27-15-17-6-5-9-21(14-17)26-20-7-3-2-4-8-20/h2-14H,15-16H2,1H3,(H,23,24). The topological polar surface area (TPSA) is 47.6 Å². The van der Waals surface area contributed by atoms with E-state index in [1.807, 2.05) is 78.9 Å². The van der Waals surface area contributed by atoms with Crippen LogP contribution in [0, 0.1) is 0 Å². The van der Waals surface area contributed by atoms with E-state index in [1.54, 1.807) is 18.9 Å². The van der Waals surface area contributed by atoms with Gasteiger partial charge >= 0.3 is 0 Å². The predicted molar refractivity (Wildman–Crippen MR) is 111 cm³/mol. The molecule has 0 aromatic heterocycles. The average Bonchev–Trinajstić information content (AvgIpc) is 2.70. The first-order valence-corrected chi connectivity index (χ1v) is 9.72. The van der Waals surface area contributed by atoms with E-state index in [4.69, 9.17) is 9.47 Å². The Bertz CT molecular complexity index is 866. The monoisotopic (exact) mass is 379 g/mol. The highest BCUT2D eigenvalue weighted by Crippen LogP contribution is 2.24. The molecule has 4 nitrogen and oxygen atoms in total. The van der Waals surface area contributed by atoms with Gasteiger partial charge in [-0.3, -0.25) is 4.79 Å². The third-order valence-electron chi connectivity index (χ3n) is 3.75. The summed E-state index contributed by atoms with van der Waals surface area (Å²) in [6.45, 7) is 0. The van der Waals surface area contributed by atoms with Gasteiger partial charge in [0.1, 0.15) is 17.2 Å². The molecule has 0 aliphatic carbocycles. The van der Waals surface area contributed by atoms with Crippen LogP contribution in [-0.2, 0) is 10.5 Å². The van der Waals surface area contributed by atoms with Gasteiger partial charge in [-0.15, -0.1) is 11.8 Å². The summed E-state index contributed by atoms with van der Waals surface area (Å²) in [6.07, 6.45) is 0. The fraction of sp³-hybridized carbons (Fsp3) is 0.136. The molecule has 0 fully saturated rings. The van der Waals surface area contributed by atoms with Crippen LogP contribution < -0.4 is 14.8 Å². The van der Waals surface area contributed by atoms with Crippen LogP contribution >= 0.6 is 11.8 Å². The molecule has 138 valence electrons. The van der Waals surface area contributed by atoms with Gasteiger partial charge in [-0.1, -0.05) is 30.3 Å². The van der Waals surface area contributed by atoms with E-state index in [-0.39, 0.29) is 5.91 Å². The molecule has 5 heteroatoms. The number of para-hydroxylation sites is 1. The van der Waals surface area contributed by atoms with Crippen LogP contribution in [0.5, 0.6) is 17.2 Å². The van der Waals surface area contributed by atoms with Crippen molar-refractivity contribution in [3.05, 3.63) is 84.4 Å². The lowest BCUT2D eigenvalue weighted by atomic mass is 10.2. The zero-order valence-electron chi connectivity index (χ0n) is 15.1. The average molecular weight is 379 g/mol. The molecule has 1 amide bonds. The number of benzene rings is 3. The largest absolute Gasteiger partial charge is 0.497 e. The lowest BCUT2D eigenvalue weighted by Crippen LogP contribution is -2.14. The number of ether oxygens (including phenoxy) is 2. The van der Waals surface area contributed by atoms with Gasteiger partial charge in [-0.2, -0.15) is 0 Å². The van der Waals surface area contributed by atoms with Crippen LogP contribution in [-0.4, -0.2) is 18.8 Å². The van der Waals surface area contributed by atoms with Crippen LogP contribution in [0.15, 0.2) is 78.9 Å². The van der Waals surface area contributed by atoms with Gasteiger partial charge in [0.15, 0.2) is 0 Å². The number of hydrogen-bond donors (Lipinski definition) is 1. The third-order valence-corrected chi connectivity index (χ3v) is 4.76. The highest BCUT2D eigenvalue weighted by Gasteiger charge is 2.05. The highest BCUT2D eigenvalue weighted by atomic mass is 32.2. The number of anilines is 1. The Morgan fingerprint density at radius 2 is 1.63 bits per heavy atom. The minimum absolute atomic E-state index is 0.0261. The lowest BCUT2D eigenvalue weighted by molar-refractivity contribution is -0.113. The molecule has 0 atom stereocenters. The Kier molecular flexibility index (Phi) is 6.77. The number of amides is 1. The molecule has 1 N–H and O–H groups in total. The zero-order valence-corrected chi connectivity index (χ0v) is 15.9. The van der Waals surface area contributed by atoms with Crippen molar-refractivity contribution >= 4 is 23.4 Å². The lowest BCUT2D eigenvalue weighted by Gasteiger charge is -2.08.